The van der Waals surface area contributed by atoms with E-state index in [-0.39, 0.29) is 11.7 Å². The predicted octanol–water partition coefficient (Wildman–Crippen LogP) is 3.56. The Labute approximate surface area is 121 Å². The van der Waals surface area contributed by atoms with Gasteiger partial charge in [0.15, 0.2) is 0 Å². The molecule has 1 aromatic carbocycles. The van der Waals surface area contributed by atoms with E-state index in [1.54, 1.807) is 12.1 Å². The van der Waals surface area contributed by atoms with E-state index in [0.29, 0.717) is 27.9 Å². The molecule has 19 heavy (non-hydrogen) atoms. The smallest absolute Gasteiger partial charge is 0.235 e. The molecule has 4 nitrogen and oxygen atoms in total. The van der Waals surface area contributed by atoms with E-state index < -0.39 is 6.29 Å². The Hall–Kier alpha value is -1.10. The van der Waals surface area contributed by atoms with Crippen molar-refractivity contribution in [3.63, 3.8) is 0 Å². The van der Waals surface area contributed by atoms with Gasteiger partial charge in [-0.3, -0.25) is 4.79 Å². The molecule has 2 atom stereocenters. The average Bonchev–Trinajstić information content (AvgIpc) is 2.74. The number of nitrogens with zero attached hydrogens (tertiary/aromatic N) is 1. The van der Waals surface area contributed by atoms with Gasteiger partial charge in [-0.2, -0.15) is 0 Å². The predicted molar refractivity (Wildman–Crippen MR) is 73.9 cm³/mol. The van der Waals surface area contributed by atoms with E-state index in [9.17, 15) is 4.79 Å². The Balaban J connectivity index is 2.18. The van der Waals surface area contributed by atoms with Gasteiger partial charge in [0.1, 0.15) is 5.71 Å². The molecule has 102 valence electrons. The van der Waals surface area contributed by atoms with Crippen LogP contribution in [0, 0.1) is 5.92 Å². The number of oxime groups is 1. The standard InChI is InChI=1S/C13H13Cl2NO3/c1-3-18-13-7(2)11(16-19-13)12(17)8-4-5-9(14)10(15)6-8/h4-7,13H,3H2,1-2H3. The monoisotopic (exact) mass is 301 g/mol. The Morgan fingerprint density at radius 3 is 2.79 bits per heavy atom. The number of carbonyl (C=O) groups excluding carboxylic acids is 1. The molecule has 1 aromatic rings. The molecule has 0 bridgehead atoms. The summed E-state index contributed by atoms with van der Waals surface area (Å²) in [6.07, 6.45) is -0.508. The van der Waals surface area contributed by atoms with Crippen molar-refractivity contribution in [2.75, 3.05) is 6.61 Å². The summed E-state index contributed by atoms with van der Waals surface area (Å²) in [5.74, 6) is -0.449. The molecule has 0 radical (unpaired) electrons. The number of hydrogen-bond acceptors (Lipinski definition) is 4. The van der Waals surface area contributed by atoms with Crippen LogP contribution in [-0.2, 0) is 9.57 Å². The van der Waals surface area contributed by atoms with Crippen LogP contribution in [0.5, 0.6) is 0 Å². The van der Waals surface area contributed by atoms with Gasteiger partial charge in [0.05, 0.1) is 16.0 Å². The maximum absolute atomic E-state index is 12.3. The van der Waals surface area contributed by atoms with Gasteiger partial charge in [0.25, 0.3) is 0 Å². The fraction of sp³-hybridized carbons (Fsp3) is 0.385. The lowest BCUT2D eigenvalue weighted by atomic mass is 9.97. The molecule has 0 aromatic heterocycles. The van der Waals surface area contributed by atoms with Crippen molar-refractivity contribution in [1.29, 1.82) is 0 Å². The second-order valence-corrected chi connectivity index (χ2v) is 4.97. The summed E-state index contributed by atoms with van der Waals surface area (Å²) in [7, 11) is 0. The number of carbonyl (C=O) groups is 1. The van der Waals surface area contributed by atoms with Gasteiger partial charge in [0.2, 0.25) is 12.1 Å². The second-order valence-electron chi connectivity index (χ2n) is 4.15. The Morgan fingerprint density at radius 1 is 1.42 bits per heavy atom. The van der Waals surface area contributed by atoms with Crippen LogP contribution in [0.4, 0.5) is 0 Å². The highest BCUT2D eigenvalue weighted by Crippen LogP contribution is 2.26. The molecule has 1 aliphatic rings. The second kappa shape index (κ2) is 5.90. The summed E-state index contributed by atoms with van der Waals surface area (Å²) in [4.78, 5) is 17.4. The summed E-state index contributed by atoms with van der Waals surface area (Å²) in [5.41, 5.74) is 0.762. The minimum atomic E-state index is -0.508. The van der Waals surface area contributed by atoms with Gasteiger partial charge in [-0.25, -0.2) is 0 Å². The summed E-state index contributed by atoms with van der Waals surface area (Å²) < 4.78 is 5.34. The van der Waals surface area contributed by atoms with Gasteiger partial charge in [0, 0.05) is 12.2 Å². The third kappa shape index (κ3) is 2.91. The van der Waals surface area contributed by atoms with Crippen LogP contribution in [0.2, 0.25) is 10.0 Å². The van der Waals surface area contributed by atoms with Gasteiger partial charge in [-0.15, -0.1) is 0 Å². The highest BCUT2D eigenvalue weighted by Gasteiger charge is 2.35. The number of benzene rings is 1. The molecule has 1 aliphatic heterocycles. The SMILES string of the molecule is CCOC1ON=C(C(=O)c2ccc(Cl)c(Cl)c2)C1C. The van der Waals surface area contributed by atoms with E-state index in [2.05, 4.69) is 5.16 Å². The van der Waals surface area contributed by atoms with Crippen LogP contribution in [0.25, 0.3) is 0 Å². The van der Waals surface area contributed by atoms with Crippen molar-refractivity contribution in [2.24, 2.45) is 11.1 Å². The molecule has 0 spiro atoms. The minimum absolute atomic E-state index is 0.220. The average molecular weight is 302 g/mol. The first-order chi connectivity index (χ1) is 9.04. The number of ketones is 1. The summed E-state index contributed by atoms with van der Waals surface area (Å²) in [6, 6.07) is 4.72. The van der Waals surface area contributed by atoms with Crippen molar-refractivity contribution in [3.8, 4) is 0 Å². The Kier molecular flexibility index (Phi) is 4.45. The van der Waals surface area contributed by atoms with Gasteiger partial charge < -0.3 is 9.57 Å². The third-order valence-electron chi connectivity index (χ3n) is 2.84. The van der Waals surface area contributed by atoms with Crippen LogP contribution >= 0.6 is 23.2 Å². The molecule has 0 fully saturated rings. The lowest BCUT2D eigenvalue weighted by Crippen LogP contribution is -2.28. The summed E-state index contributed by atoms with van der Waals surface area (Å²) in [6.45, 7) is 4.19. The molecule has 1 heterocycles. The summed E-state index contributed by atoms with van der Waals surface area (Å²) >= 11 is 11.7. The molecule has 0 N–H and O–H groups in total. The van der Waals surface area contributed by atoms with E-state index >= 15 is 0 Å². The Bertz CT molecular complexity index is 531. The molecule has 0 aliphatic carbocycles. The van der Waals surface area contributed by atoms with Crippen molar-refractivity contribution < 1.29 is 14.4 Å². The normalized spacial score (nSPS) is 22.0. The molecule has 6 heteroatoms. The molecular weight excluding hydrogens is 289 g/mol. The minimum Gasteiger partial charge on any atom is -0.362 e. The van der Waals surface area contributed by atoms with Crippen LogP contribution < -0.4 is 0 Å². The number of hydrogen-bond donors (Lipinski definition) is 0. The molecular formula is C13H13Cl2NO3. The number of ether oxygens (including phenoxy) is 1. The highest BCUT2D eigenvalue weighted by molar-refractivity contribution is 6.48. The number of halogens is 2. The molecule has 0 amide bonds. The number of rotatable bonds is 4. The first-order valence-corrected chi connectivity index (χ1v) is 6.65. The molecule has 2 rings (SSSR count). The van der Waals surface area contributed by atoms with Crippen LogP contribution in [0.3, 0.4) is 0 Å². The van der Waals surface area contributed by atoms with Gasteiger partial charge >= 0.3 is 0 Å². The number of Topliss-reactive ketones (excluding diaryl/α,β-unsaturated/α-hetero) is 1. The first-order valence-electron chi connectivity index (χ1n) is 5.89. The van der Waals surface area contributed by atoms with E-state index in [1.807, 2.05) is 13.8 Å². The van der Waals surface area contributed by atoms with Crippen molar-refractivity contribution in [3.05, 3.63) is 33.8 Å². The lowest BCUT2D eigenvalue weighted by molar-refractivity contribution is -0.138. The van der Waals surface area contributed by atoms with E-state index in [1.165, 1.54) is 6.07 Å². The molecule has 0 saturated heterocycles. The van der Waals surface area contributed by atoms with Crippen LogP contribution in [0.15, 0.2) is 23.4 Å². The highest BCUT2D eigenvalue weighted by atomic mass is 35.5. The fourth-order valence-corrected chi connectivity index (χ4v) is 2.08. The van der Waals surface area contributed by atoms with Gasteiger partial charge in [-0.05, 0) is 25.1 Å². The zero-order valence-corrected chi connectivity index (χ0v) is 12.0. The molecule has 0 saturated carbocycles. The zero-order valence-electron chi connectivity index (χ0n) is 10.5. The van der Waals surface area contributed by atoms with Crippen molar-refractivity contribution in [2.45, 2.75) is 20.1 Å². The fourth-order valence-electron chi connectivity index (χ4n) is 1.78. The van der Waals surface area contributed by atoms with Gasteiger partial charge in [-0.1, -0.05) is 35.3 Å². The summed E-state index contributed by atoms with van der Waals surface area (Å²) in [5, 5.41) is 4.55. The van der Waals surface area contributed by atoms with E-state index in [0.717, 1.165) is 0 Å². The lowest BCUT2D eigenvalue weighted by Gasteiger charge is -2.13. The Morgan fingerprint density at radius 2 is 2.16 bits per heavy atom. The largest absolute Gasteiger partial charge is 0.362 e. The van der Waals surface area contributed by atoms with Crippen molar-refractivity contribution in [1.82, 2.24) is 0 Å². The maximum Gasteiger partial charge on any atom is 0.235 e. The third-order valence-corrected chi connectivity index (χ3v) is 3.58. The topological polar surface area (TPSA) is 47.9 Å². The van der Waals surface area contributed by atoms with Crippen LogP contribution in [-0.4, -0.2) is 24.4 Å². The molecule has 2 unspecified atom stereocenters. The van der Waals surface area contributed by atoms with E-state index in [4.69, 9.17) is 32.8 Å². The zero-order chi connectivity index (χ0) is 14.0. The maximum atomic E-state index is 12.3. The van der Waals surface area contributed by atoms with Crippen LogP contribution in [0.1, 0.15) is 24.2 Å². The first kappa shape index (κ1) is 14.3. The quantitative estimate of drug-likeness (QED) is 0.799. The van der Waals surface area contributed by atoms with Crippen molar-refractivity contribution >= 4 is 34.7 Å².